The highest BCUT2D eigenvalue weighted by Gasteiger charge is 2.36. The van der Waals surface area contributed by atoms with Gasteiger partial charge >= 0.3 is 0 Å². The number of methoxy groups -OCH3 is 1. The molecule has 106 valence electrons. The molecule has 1 saturated heterocycles. The highest BCUT2D eigenvalue weighted by Crippen LogP contribution is 2.33. The largest absolute Gasteiger partial charge is 0.381 e. The molecule has 2 rings (SSSR count). The Bertz CT molecular complexity index is 237. The van der Waals surface area contributed by atoms with Crippen molar-refractivity contribution in [3.63, 3.8) is 0 Å². The molecule has 0 aromatic carbocycles. The summed E-state index contributed by atoms with van der Waals surface area (Å²) in [7, 11) is 1.85. The Hall–Kier alpha value is -0.120. The smallest absolute Gasteiger partial charge is 0.0595 e. The molecular weight excluding hydrogens is 224 g/mol. The Morgan fingerprint density at radius 1 is 1.17 bits per heavy atom. The maximum atomic E-state index is 5.45. The van der Waals surface area contributed by atoms with Crippen LogP contribution in [0, 0.1) is 11.8 Å². The van der Waals surface area contributed by atoms with Crippen molar-refractivity contribution in [3.05, 3.63) is 0 Å². The summed E-state index contributed by atoms with van der Waals surface area (Å²) in [6.07, 6.45) is 5.78. The predicted molar refractivity (Wildman–Crippen MR) is 75.8 cm³/mol. The standard InChI is InChI=1S/C15H30N2O/c1-12(2)10-16-11-13-4-5-15(13)17-8-6-14(18-3)7-9-17/h12-16H,4-11H2,1-3H3. The van der Waals surface area contributed by atoms with Gasteiger partial charge in [-0.2, -0.15) is 0 Å². The van der Waals surface area contributed by atoms with Crippen LogP contribution in [0.25, 0.3) is 0 Å². The number of nitrogens with one attached hydrogen (secondary N) is 1. The Morgan fingerprint density at radius 2 is 1.89 bits per heavy atom. The summed E-state index contributed by atoms with van der Waals surface area (Å²) in [5, 5.41) is 3.62. The average molecular weight is 254 g/mol. The topological polar surface area (TPSA) is 24.5 Å². The van der Waals surface area contributed by atoms with Crippen LogP contribution in [0.2, 0.25) is 0 Å². The van der Waals surface area contributed by atoms with Crippen molar-refractivity contribution in [3.8, 4) is 0 Å². The Labute approximate surface area is 112 Å². The zero-order chi connectivity index (χ0) is 13.0. The van der Waals surface area contributed by atoms with Crippen LogP contribution >= 0.6 is 0 Å². The molecule has 1 heterocycles. The molecule has 2 aliphatic rings. The fourth-order valence-corrected chi connectivity index (χ4v) is 3.27. The molecule has 0 aromatic heterocycles. The van der Waals surface area contributed by atoms with Gasteiger partial charge in [0.15, 0.2) is 0 Å². The van der Waals surface area contributed by atoms with Crippen molar-refractivity contribution in [2.45, 2.75) is 51.7 Å². The van der Waals surface area contributed by atoms with Crippen molar-refractivity contribution in [1.29, 1.82) is 0 Å². The summed E-state index contributed by atoms with van der Waals surface area (Å²) >= 11 is 0. The lowest BCUT2D eigenvalue weighted by Crippen LogP contribution is -2.53. The highest BCUT2D eigenvalue weighted by molar-refractivity contribution is 4.92. The monoisotopic (exact) mass is 254 g/mol. The van der Waals surface area contributed by atoms with Crippen molar-refractivity contribution >= 4 is 0 Å². The number of hydrogen-bond acceptors (Lipinski definition) is 3. The van der Waals surface area contributed by atoms with Crippen LogP contribution in [0.4, 0.5) is 0 Å². The van der Waals surface area contributed by atoms with Crippen LogP contribution < -0.4 is 5.32 Å². The van der Waals surface area contributed by atoms with E-state index in [4.69, 9.17) is 4.74 Å². The van der Waals surface area contributed by atoms with E-state index < -0.39 is 0 Å². The van der Waals surface area contributed by atoms with Gasteiger partial charge < -0.3 is 10.1 Å². The van der Waals surface area contributed by atoms with Crippen molar-refractivity contribution in [2.75, 3.05) is 33.3 Å². The van der Waals surface area contributed by atoms with E-state index in [2.05, 4.69) is 24.1 Å². The fourth-order valence-electron chi connectivity index (χ4n) is 3.27. The SMILES string of the molecule is COC1CCN(C2CCC2CNCC(C)C)CC1. The third-order valence-electron chi connectivity index (χ3n) is 4.62. The molecule has 0 aromatic rings. The first-order valence-corrected chi connectivity index (χ1v) is 7.68. The van der Waals surface area contributed by atoms with Crippen molar-refractivity contribution in [1.82, 2.24) is 10.2 Å². The summed E-state index contributed by atoms with van der Waals surface area (Å²) < 4.78 is 5.45. The zero-order valence-corrected chi connectivity index (χ0v) is 12.3. The molecule has 0 bridgehead atoms. The minimum Gasteiger partial charge on any atom is -0.381 e. The number of ether oxygens (including phenoxy) is 1. The molecule has 2 atom stereocenters. The van der Waals surface area contributed by atoms with Crippen LogP contribution in [-0.2, 0) is 4.74 Å². The maximum Gasteiger partial charge on any atom is 0.0595 e. The van der Waals surface area contributed by atoms with E-state index in [-0.39, 0.29) is 0 Å². The molecule has 18 heavy (non-hydrogen) atoms. The van der Waals surface area contributed by atoms with Crippen LogP contribution in [0.15, 0.2) is 0 Å². The van der Waals surface area contributed by atoms with E-state index in [1.165, 1.54) is 45.3 Å². The van der Waals surface area contributed by atoms with E-state index in [1.807, 2.05) is 7.11 Å². The van der Waals surface area contributed by atoms with Gasteiger partial charge in [0, 0.05) is 26.2 Å². The second-order valence-electron chi connectivity index (χ2n) is 6.43. The second-order valence-corrected chi connectivity index (χ2v) is 6.43. The molecule has 0 spiro atoms. The van der Waals surface area contributed by atoms with Gasteiger partial charge in [0.1, 0.15) is 0 Å². The number of hydrogen-bond donors (Lipinski definition) is 1. The number of rotatable bonds is 6. The van der Waals surface area contributed by atoms with Crippen LogP contribution in [0.1, 0.15) is 39.5 Å². The van der Waals surface area contributed by atoms with E-state index >= 15 is 0 Å². The average Bonchev–Trinajstić information content (AvgIpc) is 2.34. The van der Waals surface area contributed by atoms with E-state index in [0.29, 0.717) is 6.10 Å². The summed E-state index contributed by atoms with van der Waals surface area (Å²) in [6, 6.07) is 0.850. The van der Waals surface area contributed by atoms with E-state index in [0.717, 1.165) is 24.4 Å². The fraction of sp³-hybridized carbons (Fsp3) is 1.00. The molecule has 3 nitrogen and oxygen atoms in total. The zero-order valence-electron chi connectivity index (χ0n) is 12.3. The predicted octanol–water partition coefficient (Wildman–Crippen LogP) is 2.12. The minimum atomic E-state index is 0.513. The lowest BCUT2D eigenvalue weighted by molar-refractivity contribution is -0.00863. The van der Waals surface area contributed by atoms with Gasteiger partial charge in [-0.25, -0.2) is 0 Å². The summed E-state index contributed by atoms with van der Waals surface area (Å²) in [4.78, 5) is 2.71. The maximum absolute atomic E-state index is 5.45. The number of likely N-dealkylation sites (tertiary alicyclic amines) is 1. The lowest BCUT2D eigenvalue weighted by Gasteiger charge is -2.47. The highest BCUT2D eigenvalue weighted by atomic mass is 16.5. The normalized spacial score (nSPS) is 30.7. The minimum absolute atomic E-state index is 0.513. The molecule has 1 aliphatic heterocycles. The van der Waals surface area contributed by atoms with Gasteiger partial charge in [-0.15, -0.1) is 0 Å². The van der Waals surface area contributed by atoms with Gasteiger partial charge in [0.05, 0.1) is 6.10 Å². The molecule has 2 unspecified atom stereocenters. The quantitative estimate of drug-likeness (QED) is 0.786. The van der Waals surface area contributed by atoms with Gasteiger partial charge in [0.25, 0.3) is 0 Å². The van der Waals surface area contributed by atoms with Crippen LogP contribution in [-0.4, -0.2) is 50.3 Å². The van der Waals surface area contributed by atoms with Crippen molar-refractivity contribution in [2.24, 2.45) is 11.8 Å². The molecule has 1 N–H and O–H groups in total. The van der Waals surface area contributed by atoms with Crippen LogP contribution in [0.5, 0.6) is 0 Å². The van der Waals surface area contributed by atoms with Gasteiger partial charge in [-0.3, -0.25) is 4.90 Å². The van der Waals surface area contributed by atoms with Crippen molar-refractivity contribution < 1.29 is 4.74 Å². The molecule has 1 aliphatic carbocycles. The molecule has 3 heteroatoms. The van der Waals surface area contributed by atoms with Gasteiger partial charge in [0.2, 0.25) is 0 Å². The molecular formula is C15H30N2O. The first kappa shape index (κ1) is 14.3. The summed E-state index contributed by atoms with van der Waals surface area (Å²) in [5.41, 5.74) is 0. The first-order valence-electron chi connectivity index (χ1n) is 7.68. The number of nitrogens with zero attached hydrogens (tertiary/aromatic N) is 1. The number of piperidine rings is 1. The summed E-state index contributed by atoms with van der Waals surface area (Å²) in [5.74, 6) is 1.66. The Balaban J connectivity index is 1.67. The van der Waals surface area contributed by atoms with E-state index in [1.54, 1.807) is 0 Å². The molecule has 0 amide bonds. The Morgan fingerprint density at radius 3 is 2.39 bits per heavy atom. The van der Waals surface area contributed by atoms with E-state index in [9.17, 15) is 0 Å². The Kier molecular flexibility index (Phi) is 5.46. The lowest BCUT2D eigenvalue weighted by atomic mass is 9.77. The van der Waals surface area contributed by atoms with Crippen LogP contribution in [0.3, 0.4) is 0 Å². The molecule has 0 radical (unpaired) electrons. The first-order chi connectivity index (χ1) is 8.70. The molecule has 1 saturated carbocycles. The summed E-state index contributed by atoms with van der Waals surface area (Å²) in [6.45, 7) is 9.41. The van der Waals surface area contributed by atoms with Gasteiger partial charge in [-0.1, -0.05) is 13.8 Å². The molecule has 2 fully saturated rings. The third kappa shape index (κ3) is 3.69. The second kappa shape index (κ2) is 6.88. The third-order valence-corrected chi connectivity index (χ3v) is 4.62. The van der Waals surface area contributed by atoms with Gasteiger partial charge in [-0.05, 0) is 50.6 Å².